The van der Waals surface area contributed by atoms with E-state index >= 15 is 0 Å². The van der Waals surface area contributed by atoms with Gasteiger partial charge in [0.1, 0.15) is 11.4 Å². The Morgan fingerprint density at radius 3 is 2.90 bits per heavy atom. The Labute approximate surface area is 165 Å². The largest absolute Gasteiger partial charge is 0.418 e. The minimum absolute atomic E-state index is 0.0418. The summed E-state index contributed by atoms with van der Waals surface area (Å²) in [6.45, 7) is 1.79. The van der Waals surface area contributed by atoms with Gasteiger partial charge in [-0.1, -0.05) is 0 Å². The van der Waals surface area contributed by atoms with Crippen LogP contribution in [0, 0.1) is 17.6 Å². The van der Waals surface area contributed by atoms with Crippen LogP contribution in [0.3, 0.4) is 0 Å². The number of aromatic nitrogens is 2. The first-order valence-electron chi connectivity index (χ1n) is 9.00. The van der Waals surface area contributed by atoms with Gasteiger partial charge in [0.15, 0.2) is 11.8 Å². The molecule has 1 amide bonds. The molecule has 3 atom stereocenters. The Morgan fingerprint density at radius 1 is 1.34 bits per heavy atom. The van der Waals surface area contributed by atoms with Crippen LogP contribution in [0.25, 0.3) is 0 Å². The molecule has 0 saturated carbocycles. The number of amides is 1. The van der Waals surface area contributed by atoms with Crippen LogP contribution < -0.4 is 10.5 Å². The molecule has 0 bridgehead atoms. The van der Waals surface area contributed by atoms with Crippen molar-refractivity contribution in [2.24, 2.45) is 16.6 Å². The van der Waals surface area contributed by atoms with E-state index in [1.807, 2.05) is 6.92 Å². The van der Waals surface area contributed by atoms with E-state index in [1.165, 1.54) is 36.3 Å². The van der Waals surface area contributed by atoms with Gasteiger partial charge in [-0.15, -0.1) is 0 Å². The van der Waals surface area contributed by atoms with Gasteiger partial charge in [-0.25, -0.2) is 23.7 Å². The summed E-state index contributed by atoms with van der Waals surface area (Å²) in [6, 6.07) is 3.88. The fourth-order valence-corrected chi connectivity index (χ4v) is 3.68. The van der Waals surface area contributed by atoms with E-state index in [-0.39, 0.29) is 41.9 Å². The number of guanidine groups is 1. The molecule has 2 N–H and O–H groups in total. The highest BCUT2D eigenvalue weighted by atomic mass is 19.1. The topological polar surface area (TPSA) is 103 Å². The molecule has 2 aliphatic rings. The molecular formula is C19H19F2N5O3. The molecule has 0 aliphatic carbocycles. The third-order valence-electron chi connectivity index (χ3n) is 5.24. The molecule has 8 nitrogen and oxygen atoms in total. The Hall–Kier alpha value is -3.14. The van der Waals surface area contributed by atoms with Gasteiger partial charge in [0.05, 0.1) is 24.8 Å². The Balaban J connectivity index is 1.81. The van der Waals surface area contributed by atoms with Crippen LogP contribution >= 0.6 is 0 Å². The second-order valence-corrected chi connectivity index (χ2v) is 7.10. The summed E-state index contributed by atoms with van der Waals surface area (Å²) in [6.07, 6.45) is 2.42. The van der Waals surface area contributed by atoms with Crippen LogP contribution in [0.5, 0.6) is 11.8 Å². The molecule has 0 spiro atoms. The lowest BCUT2D eigenvalue weighted by atomic mass is 9.73. The van der Waals surface area contributed by atoms with Crippen molar-refractivity contribution in [3.63, 3.8) is 0 Å². The number of carbonyl (C=O) groups excluding carboxylic acids is 1. The summed E-state index contributed by atoms with van der Waals surface area (Å²) in [7, 11) is 1.52. The smallest absolute Gasteiger partial charge is 0.257 e. The van der Waals surface area contributed by atoms with Crippen molar-refractivity contribution in [3.8, 4) is 11.8 Å². The summed E-state index contributed by atoms with van der Waals surface area (Å²) < 4.78 is 39.9. The van der Waals surface area contributed by atoms with E-state index in [9.17, 15) is 13.6 Å². The molecule has 0 unspecified atom stereocenters. The maximum atomic E-state index is 14.9. The highest BCUT2D eigenvalue weighted by Crippen LogP contribution is 2.45. The van der Waals surface area contributed by atoms with Crippen LogP contribution in [0.1, 0.15) is 18.9 Å². The average molecular weight is 403 g/mol. The van der Waals surface area contributed by atoms with E-state index in [2.05, 4.69) is 15.0 Å². The second kappa shape index (κ2) is 7.03. The lowest BCUT2D eigenvalue weighted by molar-refractivity contribution is -0.144. The first kappa shape index (κ1) is 19.2. The summed E-state index contributed by atoms with van der Waals surface area (Å²) in [5.74, 6) is -2.78. The van der Waals surface area contributed by atoms with Crippen molar-refractivity contribution in [2.45, 2.75) is 25.0 Å². The third-order valence-corrected chi connectivity index (χ3v) is 5.24. The van der Waals surface area contributed by atoms with E-state index < -0.39 is 23.1 Å². The molecule has 1 saturated heterocycles. The minimum Gasteiger partial charge on any atom is -0.418 e. The number of nitrogens with two attached hydrogens (primary N) is 1. The van der Waals surface area contributed by atoms with Crippen molar-refractivity contribution in [2.75, 3.05) is 13.7 Å². The van der Waals surface area contributed by atoms with Crippen LogP contribution in [0.2, 0.25) is 0 Å². The maximum Gasteiger partial charge on any atom is 0.257 e. The number of halogens is 2. The molecule has 4 rings (SSSR count). The number of nitrogens with zero attached hydrogens (tertiary/aromatic N) is 4. The highest BCUT2D eigenvalue weighted by Gasteiger charge is 2.54. The van der Waals surface area contributed by atoms with Gasteiger partial charge < -0.3 is 15.2 Å². The third kappa shape index (κ3) is 3.19. The lowest BCUT2D eigenvalue weighted by Crippen LogP contribution is -2.59. The standard InChI is InChI=1S/C19H19F2N5O3/c1-10-6-12-17(27)26(2)18(22)25-19(12,9-28-10)11-7-15(24-8-14(11)21)29-16-13(20)4-3-5-23-16/h3-5,7-8,10,12H,6,9H2,1-2H3,(H2,22,25)/t10-,12-,19+/m0/s1. The minimum atomic E-state index is -1.37. The summed E-state index contributed by atoms with van der Waals surface area (Å²) in [4.78, 5) is 26.3. The first-order valence-corrected chi connectivity index (χ1v) is 9.00. The van der Waals surface area contributed by atoms with Crippen LogP contribution in [-0.2, 0) is 15.1 Å². The number of rotatable bonds is 3. The Bertz CT molecular complexity index is 1000. The van der Waals surface area contributed by atoms with Crippen molar-refractivity contribution in [3.05, 3.63) is 47.8 Å². The van der Waals surface area contributed by atoms with Gasteiger partial charge >= 0.3 is 0 Å². The Kier molecular flexibility index (Phi) is 4.65. The van der Waals surface area contributed by atoms with Gasteiger partial charge in [0, 0.05) is 24.9 Å². The van der Waals surface area contributed by atoms with Gasteiger partial charge in [-0.2, -0.15) is 0 Å². The number of fused-ring (bicyclic) bond motifs is 1. The number of hydrogen-bond donors (Lipinski definition) is 1. The lowest BCUT2D eigenvalue weighted by Gasteiger charge is -2.46. The maximum absolute atomic E-state index is 14.9. The molecule has 1 fully saturated rings. The molecule has 29 heavy (non-hydrogen) atoms. The number of ether oxygens (including phenoxy) is 2. The molecule has 152 valence electrons. The quantitative estimate of drug-likeness (QED) is 0.840. The molecule has 0 aromatic carbocycles. The number of hydrogen-bond acceptors (Lipinski definition) is 7. The predicted molar refractivity (Wildman–Crippen MR) is 98.1 cm³/mol. The SMILES string of the molecule is C[C@H]1C[C@H]2C(=O)N(C)C(N)=N[C@@]2(c2cc(Oc3ncccc3F)ncc2F)CO1. The molecular weight excluding hydrogens is 384 g/mol. The second-order valence-electron chi connectivity index (χ2n) is 7.10. The van der Waals surface area contributed by atoms with Crippen LogP contribution in [-0.4, -0.2) is 46.5 Å². The zero-order valence-electron chi connectivity index (χ0n) is 15.8. The average Bonchev–Trinajstić information content (AvgIpc) is 2.70. The Morgan fingerprint density at radius 2 is 2.14 bits per heavy atom. The number of carbonyl (C=O) groups is 1. The number of aliphatic imine (C=N–C) groups is 1. The highest BCUT2D eigenvalue weighted by molar-refractivity contribution is 6.00. The van der Waals surface area contributed by atoms with Crippen molar-refractivity contribution in [1.82, 2.24) is 14.9 Å². The van der Waals surface area contributed by atoms with Crippen molar-refractivity contribution >= 4 is 11.9 Å². The van der Waals surface area contributed by atoms with Crippen LogP contribution in [0.15, 0.2) is 35.6 Å². The molecule has 2 aromatic rings. The summed E-state index contributed by atoms with van der Waals surface area (Å²) >= 11 is 0. The van der Waals surface area contributed by atoms with E-state index in [1.54, 1.807) is 0 Å². The molecule has 0 radical (unpaired) electrons. The van der Waals surface area contributed by atoms with Crippen molar-refractivity contribution in [1.29, 1.82) is 0 Å². The monoisotopic (exact) mass is 403 g/mol. The molecule has 10 heteroatoms. The van der Waals surface area contributed by atoms with Gasteiger partial charge in [0.25, 0.3) is 5.88 Å². The fourth-order valence-electron chi connectivity index (χ4n) is 3.68. The predicted octanol–water partition coefficient (Wildman–Crippen LogP) is 1.95. The molecule has 4 heterocycles. The normalized spacial score (nSPS) is 26.7. The molecule has 2 aliphatic heterocycles. The van der Waals surface area contributed by atoms with Gasteiger partial charge in [0.2, 0.25) is 11.8 Å². The van der Waals surface area contributed by atoms with Crippen LogP contribution in [0.4, 0.5) is 8.78 Å². The van der Waals surface area contributed by atoms with E-state index in [0.29, 0.717) is 6.42 Å². The number of pyridine rings is 2. The summed E-state index contributed by atoms with van der Waals surface area (Å²) in [5, 5.41) is 0. The summed E-state index contributed by atoms with van der Waals surface area (Å²) in [5.41, 5.74) is 4.61. The zero-order valence-corrected chi connectivity index (χ0v) is 15.8. The fraction of sp³-hybridized carbons (Fsp3) is 0.368. The zero-order chi connectivity index (χ0) is 20.8. The first-order chi connectivity index (χ1) is 13.8. The van der Waals surface area contributed by atoms with Crippen molar-refractivity contribution < 1.29 is 23.0 Å². The van der Waals surface area contributed by atoms with E-state index in [0.717, 1.165) is 6.20 Å². The van der Waals surface area contributed by atoms with E-state index in [4.69, 9.17) is 15.2 Å². The van der Waals surface area contributed by atoms with Gasteiger partial charge in [-0.05, 0) is 25.5 Å². The molecule has 2 aromatic heterocycles. The van der Waals surface area contributed by atoms with Gasteiger partial charge in [-0.3, -0.25) is 9.69 Å².